The Morgan fingerprint density at radius 1 is 1.40 bits per heavy atom. The van der Waals surface area contributed by atoms with Crippen molar-refractivity contribution in [3.8, 4) is 0 Å². The van der Waals surface area contributed by atoms with Crippen LogP contribution < -0.4 is 4.72 Å². The van der Waals surface area contributed by atoms with Crippen LogP contribution in [0, 0.1) is 17.2 Å². The normalized spacial score (nSPS) is 17.4. The number of hydrogen-bond acceptors (Lipinski definition) is 3. The van der Waals surface area contributed by atoms with Crippen LogP contribution >= 0.6 is 0 Å². The van der Waals surface area contributed by atoms with Crippen LogP contribution in [0.4, 0.5) is 4.39 Å². The molecule has 0 aliphatic heterocycles. The molecule has 0 aromatic heterocycles. The van der Waals surface area contributed by atoms with Gasteiger partial charge in [0.25, 0.3) is 0 Å². The molecule has 1 aromatic carbocycles. The van der Waals surface area contributed by atoms with Crippen LogP contribution in [0.1, 0.15) is 32.3 Å². The molecule has 0 atom stereocenters. The van der Waals surface area contributed by atoms with Gasteiger partial charge in [-0.1, -0.05) is 19.9 Å². The Morgan fingerprint density at radius 2 is 2.05 bits per heavy atom. The number of rotatable bonds is 6. The van der Waals surface area contributed by atoms with Gasteiger partial charge in [-0.25, -0.2) is 17.5 Å². The lowest BCUT2D eigenvalue weighted by molar-refractivity contribution is 0.278. The fraction of sp³-hybridized carbons (Fsp3) is 0.571. The Balaban J connectivity index is 2.21. The van der Waals surface area contributed by atoms with Crippen molar-refractivity contribution in [2.45, 2.75) is 38.2 Å². The number of aliphatic hydroxyl groups is 1. The van der Waals surface area contributed by atoms with Crippen molar-refractivity contribution in [2.24, 2.45) is 11.3 Å². The summed E-state index contributed by atoms with van der Waals surface area (Å²) in [6.07, 6.45) is 2.01. The SMILES string of the molecule is CC(C)C1(CNS(=O)(=O)c2cc(F)ccc2CO)CC1. The van der Waals surface area contributed by atoms with E-state index in [0.29, 0.717) is 12.5 Å². The Hall–Kier alpha value is -0.980. The second-order valence-corrected chi connectivity index (χ2v) is 7.49. The van der Waals surface area contributed by atoms with Crippen molar-refractivity contribution in [3.63, 3.8) is 0 Å². The summed E-state index contributed by atoms with van der Waals surface area (Å²) in [7, 11) is -3.80. The van der Waals surface area contributed by atoms with Crippen LogP contribution in [-0.4, -0.2) is 20.1 Å². The number of halogens is 1. The van der Waals surface area contributed by atoms with Crippen LogP contribution in [0.5, 0.6) is 0 Å². The number of benzene rings is 1. The molecule has 1 aromatic rings. The highest BCUT2D eigenvalue weighted by molar-refractivity contribution is 7.89. The fourth-order valence-corrected chi connectivity index (χ4v) is 3.72. The Bertz CT molecular complexity index is 594. The van der Waals surface area contributed by atoms with Gasteiger partial charge >= 0.3 is 0 Å². The minimum absolute atomic E-state index is 0.0276. The van der Waals surface area contributed by atoms with E-state index in [1.807, 2.05) is 0 Å². The van der Waals surface area contributed by atoms with Gasteiger partial charge in [-0.05, 0) is 41.9 Å². The summed E-state index contributed by atoms with van der Waals surface area (Å²) in [6, 6.07) is 3.38. The molecule has 2 rings (SSSR count). The number of nitrogens with one attached hydrogen (secondary N) is 1. The van der Waals surface area contributed by atoms with Crippen molar-refractivity contribution < 1.29 is 17.9 Å². The monoisotopic (exact) mass is 301 g/mol. The molecule has 1 saturated carbocycles. The van der Waals surface area contributed by atoms with E-state index in [-0.39, 0.29) is 15.9 Å². The largest absolute Gasteiger partial charge is 0.392 e. The Labute approximate surface area is 119 Å². The third-order valence-electron chi connectivity index (χ3n) is 4.22. The second-order valence-electron chi connectivity index (χ2n) is 5.75. The van der Waals surface area contributed by atoms with Gasteiger partial charge in [-0.3, -0.25) is 0 Å². The molecule has 1 fully saturated rings. The number of sulfonamides is 1. The van der Waals surface area contributed by atoms with E-state index in [9.17, 15) is 17.9 Å². The maximum atomic E-state index is 13.3. The molecule has 0 amide bonds. The number of aliphatic hydroxyl groups excluding tert-OH is 1. The zero-order chi connectivity index (χ0) is 15.0. The highest BCUT2D eigenvalue weighted by Gasteiger charge is 2.45. The highest BCUT2D eigenvalue weighted by atomic mass is 32.2. The first-order valence-electron chi connectivity index (χ1n) is 6.70. The summed E-state index contributed by atoms with van der Waals surface area (Å²) in [5.74, 6) is -0.234. The molecule has 0 radical (unpaired) electrons. The van der Waals surface area contributed by atoms with Gasteiger partial charge in [0.1, 0.15) is 5.82 Å². The van der Waals surface area contributed by atoms with Gasteiger partial charge < -0.3 is 5.11 Å². The minimum Gasteiger partial charge on any atom is -0.392 e. The van der Waals surface area contributed by atoms with E-state index in [4.69, 9.17) is 0 Å². The van der Waals surface area contributed by atoms with Gasteiger partial charge in [0.15, 0.2) is 0 Å². The molecule has 0 bridgehead atoms. The molecule has 0 saturated heterocycles. The van der Waals surface area contributed by atoms with E-state index in [0.717, 1.165) is 25.0 Å². The summed E-state index contributed by atoms with van der Waals surface area (Å²) >= 11 is 0. The molecule has 20 heavy (non-hydrogen) atoms. The summed E-state index contributed by atoms with van der Waals surface area (Å²) < 4.78 is 40.4. The van der Waals surface area contributed by atoms with E-state index < -0.39 is 22.4 Å². The Morgan fingerprint density at radius 3 is 2.55 bits per heavy atom. The van der Waals surface area contributed by atoms with E-state index in [1.54, 1.807) is 0 Å². The predicted octanol–water partition coefficient (Wildman–Crippen LogP) is 2.03. The molecule has 2 N–H and O–H groups in total. The van der Waals surface area contributed by atoms with Crippen molar-refractivity contribution in [2.75, 3.05) is 6.54 Å². The first kappa shape index (κ1) is 15.4. The lowest BCUT2D eigenvalue weighted by Crippen LogP contribution is -2.33. The lowest BCUT2D eigenvalue weighted by Gasteiger charge is -2.20. The molecular weight excluding hydrogens is 281 g/mol. The third-order valence-corrected chi connectivity index (χ3v) is 5.70. The molecule has 0 spiro atoms. The minimum atomic E-state index is -3.80. The highest BCUT2D eigenvalue weighted by Crippen LogP contribution is 2.51. The van der Waals surface area contributed by atoms with E-state index in [2.05, 4.69) is 18.6 Å². The van der Waals surface area contributed by atoms with Crippen LogP contribution in [-0.2, 0) is 16.6 Å². The lowest BCUT2D eigenvalue weighted by atomic mass is 9.93. The number of hydrogen-bond donors (Lipinski definition) is 2. The third kappa shape index (κ3) is 3.02. The smallest absolute Gasteiger partial charge is 0.241 e. The van der Waals surface area contributed by atoms with Gasteiger partial charge in [0, 0.05) is 6.54 Å². The summed E-state index contributed by atoms with van der Waals surface area (Å²) in [4.78, 5) is -0.181. The van der Waals surface area contributed by atoms with Crippen LogP contribution in [0.25, 0.3) is 0 Å². The zero-order valence-corrected chi connectivity index (χ0v) is 12.5. The van der Waals surface area contributed by atoms with Crippen LogP contribution in [0.3, 0.4) is 0 Å². The van der Waals surface area contributed by atoms with Gasteiger partial charge in [-0.15, -0.1) is 0 Å². The Kier molecular flexibility index (Phi) is 4.18. The van der Waals surface area contributed by atoms with Crippen molar-refractivity contribution >= 4 is 10.0 Å². The van der Waals surface area contributed by atoms with Gasteiger partial charge in [0.2, 0.25) is 10.0 Å². The van der Waals surface area contributed by atoms with Gasteiger partial charge in [-0.2, -0.15) is 0 Å². The fourth-order valence-electron chi connectivity index (χ4n) is 2.34. The molecule has 4 nitrogen and oxygen atoms in total. The molecule has 0 unspecified atom stereocenters. The molecule has 6 heteroatoms. The standard InChI is InChI=1S/C14H20FNO3S/c1-10(2)14(5-6-14)9-16-20(18,19)13-7-12(15)4-3-11(13)8-17/h3-4,7,10,16-17H,5-6,8-9H2,1-2H3. The summed E-state index contributed by atoms with van der Waals surface area (Å²) in [5, 5.41) is 9.19. The first-order chi connectivity index (χ1) is 9.31. The predicted molar refractivity (Wildman–Crippen MR) is 74.0 cm³/mol. The van der Waals surface area contributed by atoms with Crippen LogP contribution in [0.2, 0.25) is 0 Å². The molecule has 1 aliphatic carbocycles. The van der Waals surface area contributed by atoms with Crippen molar-refractivity contribution in [3.05, 3.63) is 29.6 Å². The quantitative estimate of drug-likeness (QED) is 0.845. The summed E-state index contributed by atoms with van der Waals surface area (Å²) in [5.41, 5.74) is 0.230. The average Bonchev–Trinajstić information content (AvgIpc) is 3.18. The molecule has 0 heterocycles. The van der Waals surface area contributed by atoms with Gasteiger partial charge in [0.05, 0.1) is 11.5 Å². The van der Waals surface area contributed by atoms with E-state index >= 15 is 0 Å². The maximum absolute atomic E-state index is 13.3. The zero-order valence-electron chi connectivity index (χ0n) is 11.7. The molecule has 1 aliphatic rings. The first-order valence-corrected chi connectivity index (χ1v) is 8.18. The van der Waals surface area contributed by atoms with Crippen molar-refractivity contribution in [1.29, 1.82) is 0 Å². The van der Waals surface area contributed by atoms with Crippen LogP contribution in [0.15, 0.2) is 23.1 Å². The second kappa shape index (κ2) is 5.42. The summed E-state index contributed by atoms with van der Waals surface area (Å²) in [6.45, 7) is 4.06. The topological polar surface area (TPSA) is 66.4 Å². The van der Waals surface area contributed by atoms with Crippen molar-refractivity contribution in [1.82, 2.24) is 4.72 Å². The molecular formula is C14H20FNO3S. The maximum Gasteiger partial charge on any atom is 0.241 e. The molecule has 112 valence electrons. The average molecular weight is 301 g/mol. The van der Waals surface area contributed by atoms with E-state index in [1.165, 1.54) is 6.07 Å².